The maximum atomic E-state index is 6.01. The van der Waals surface area contributed by atoms with Crippen LogP contribution in [0.15, 0.2) is 24.3 Å². The quantitative estimate of drug-likeness (QED) is 0.693. The third-order valence-electron chi connectivity index (χ3n) is 2.93. The van der Waals surface area contributed by atoms with Crippen molar-refractivity contribution >= 4 is 11.6 Å². The zero-order valence-electron chi connectivity index (χ0n) is 11.4. The second-order valence-electron chi connectivity index (χ2n) is 4.66. The molecule has 0 aromatic heterocycles. The smallest absolute Gasteiger partial charge is 0.0469 e. The van der Waals surface area contributed by atoms with Crippen LogP contribution in [-0.2, 0) is 11.2 Å². The second-order valence-corrected chi connectivity index (χ2v) is 5.10. The van der Waals surface area contributed by atoms with E-state index >= 15 is 0 Å². The van der Waals surface area contributed by atoms with Crippen LogP contribution in [0.25, 0.3) is 0 Å². The maximum Gasteiger partial charge on any atom is 0.0469 e. The van der Waals surface area contributed by atoms with E-state index in [1.54, 1.807) is 0 Å². The maximum absolute atomic E-state index is 6.01. The lowest BCUT2D eigenvalue weighted by molar-refractivity contribution is 0.120. The van der Waals surface area contributed by atoms with Crippen LogP contribution in [-0.4, -0.2) is 26.8 Å². The number of hydrogen-bond acceptors (Lipinski definition) is 2. The van der Waals surface area contributed by atoms with Gasteiger partial charge in [0, 0.05) is 18.2 Å². The molecular formula is C15H24ClNO. The van der Waals surface area contributed by atoms with Gasteiger partial charge in [0.2, 0.25) is 0 Å². The number of ether oxygens (including phenoxy) is 1. The number of hydrogen-bond donors (Lipinski definition) is 1. The van der Waals surface area contributed by atoms with Crippen molar-refractivity contribution in [1.82, 2.24) is 5.32 Å². The van der Waals surface area contributed by atoms with E-state index in [1.807, 2.05) is 19.2 Å². The molecule has 0 aliphatic carbocycles. The number of halogens is 1. The molecule has 1 unspecified atom stereocenters. The van der Waals surface area contributed by atoms with Crippen LogP contribution < -0.4 is 5.32 Å². The summed E-state index contributed by atoms with van der Waals surface area (Å²) in [5.41, 5.74) is 1.30. The van der Waals surface area contributed by atoms with Gasteiger partial charge in [-0.15, -0.1) is 0 Å². The monoisotopic (exact) mass is 269 g/mol. The van der Waals surface area contributed by atoms with Gasteiger partial charge in [0.25, 0.3) is 0 Å². The molecule has 0 amide bonds. The molecule has 0 radical (unpaired) electrons. The van der Waals surface area contributed by atoms with Crippen LogP contribution in [0.2, 0.25) is 5.02 Å². The molecule has 0 aliphatic rings. The third-order valence-corrected chi connectivity index (χ3v) is 3.16. The van der Waals surface area contributed by atoms with Crippen LogP contribution in [0.3, 0.4) is 0 Å². The molecule has 18 heavy (non-hydrogen) atoms. The number of rotatable bonds is 9. The molecule has 1 aromatic rings. The van der Waals surface area contributed by atoms with Gasteiger partial charge in [-0.1, -0.05) is 30.7 Å². The van der Waals surface area contributed by atoms with Gasteiger partial charge in [-0.05, 0) is 56.5 Å². The first-order valence-corrected chi connectivity index (χ1v) is 7.10. The highest BCUT2D eigenvalue weighted by Crippen LogP contribution is 2.16. The molecular weight excluding hydrogens is 246 g/mol. The van der Waals surface area contributed by atoms with Gasteiger partial charge in [-0.3, -0.25) is 0 Å². The lowest BCUT2D eigenvalue weighted by atomic mass is 9.96. The van der Waals surface area contributed by atoms with Crippen LogP contribution >= 0.6 is 11.6 Å². The number of nitrogens with one attached hydrogen (secondary N) is 1. The van der Waals surface area contributed by atoms with E-state index in [1.165, 1.54) is 5.56 Å². The second kappa shape index (κ2) is 9.37. The molecule has 1 atom stereocenters. The highest BCUT2D eigenvalue weighted by atomic mass is 35.5. The van der Waals surface area contributed by atoms with Crippen molar-refractivity contribution in [1.29, 1.82) is 0 Å². The van der Waals surface area contributed by atoms with Crippen molar-refractivity contribution in [3.8, 4) is 0 Å². The summed E-state index contributed by atoms with van der Waals surface area (Å²) in [6.45, 7) is 4.86. The first-order chi connectivity index (χ1) is 8.76. The minimum atomic E-state index is 0.602. The molecule has 1 N–H and O–H groups in total. The summed E-state index contributed by atoms with van der Waals surface area (Å²) in [6, 6.07) is 8.13. The van der Waals surface area contributed by atoms with Gasteiger partial charge in [0.15, 0.2) is 0 Å². The molecule has 1 aromatic carbocycles. The van der Waals surface area contributed by atoms with Crippen LogP contribution in [0.5, 0.6) is 0 Å². The van der Waals surface area contributed by atoms with Gasteiger partial charge < -0.3 is 10.1 Å². The lowest BCUT2D eigenvalue weighted by Gasteiger charge is -2.16. The molecule has 1 rings (SSSR count). The van der Waals surface area contributed by atoms with Crippen molar-refractivity contribution in [3.63, 3.8) is 0 Å². The Morgan fingerprint density at radius 1 is 1.33 bits per heavy atom. The van der Waals surface area contributed by atoms with E-state index < -0.39 is 0 Å². The summed E-state index contributed by atoms with van der Waals surface area (Å²) >= 11 is 6.01. The van der Waals surface area contributed by atoms with Crippen LogP contribution in [0.1, 0.15) is 25.3 Å². The molecule has 0 spiro atoms. The SMILES string of the molecule is CCCOCCC(CNC)Cc1cccc(Cl)c1. The Hall–Kier alpha value is -0.570. The van der Waals surface area contributed by atoms with Crippen LogP contribution in [0.4, 0.5) is 0 Å². The van der Waals surface area contributed by atoms with E-state index in [9.17, 15) is 0 Å². The fraction of sp³-hybridized carbons (Fsp3) is 0.600. The van der Waals surface area contributed by atoms with Crippen molar-refractivity contribution in [3.05, 3.63) is 34.9 Å². The van der Waals surface area contributed by atoms with Crippen molar-refractivity contribution in [2.45, 2.75) is 26.2 Å². The average Bonchev–Trinajstić information content (AvgIpc) is 2.35. The van der Waals surface area contributed by atoms with E-state index in [2.05, 4.69) is 24.4 Å². The Labute approximate surface area is 116 Å². The third kappa shape index (κ3) is 6.39. The molecule has 2 nitrogen and oxygen atoms in total. The van der Waals surface area contributed by atoms with Crippen molar-refractivity contribution in [2.75, 3.05) is 26.8 Å². The highest BCUT2D eigenvalue weighted by Gasteiger charge is 2.09. The van der Waals surface area contributed by atoms with E-state index in [4.69, 9.17) is 16.3 Å². The zero-order chi connectivity index (χ0) is 13.2. The van der Waals surface area contributed by atoms with Gasteiger partial charge in [0.05, 0.1) is 0 Å². The zero-order valence-corrected chi connectivity index (χ0v) is 12.2. The fourth-order valence-electron chi connectivity index (χ4n) is 2.06. The summed E-state index contributed by atoms with van der Waals surface area (Å²) in [5, 5.41) is 4.07. The Morgan fingerprint density at radius 3 is 2.83 bits per heavy atom. The molecule has 0 aliphatic heterocycles. The summed E-state index contributed by atoms with van der Waals surface area (Å²) in [5.74, 6) is 0.602. The highest BCUT2D eigenvalue weighted by molar-refractivity contribution is 6.30. The van der Waals surface area contributed by atoms with Crippen molar-refractivity contribution in [2.24, 2.45) is 5.92 Å². The Bertz CT molecular complexity index is 330. The summed E-state index contributed by atoms with van der Waals surface area (Å²) < 4.78 is 5.57. The summed E-state index contributed by atoms with van der Waals surface area (Å²) in [4.78, 5) is 0. The van der Waals surface area contributed by atoms with E-state index in [0.29, 0.717) is 5.92 Å². The van der Waals surface area contributed by atoms with Crippen molar-refractivity contribution < 1.29 is 4.74 Å². The van der Waals surface area contributed by atoms with Gasteiger partial charge >= 0.3 is 0 Å². The molecule has 0 saturated heterocycles. The minimum absolute atomic E-state index is 0.602. The first kappa shape index (κ1) is 15.5. The predicted octanol–water partition coefficient (Wildman–Crippen LogP) is 3.53. The van der Waals surface area contributed by atoms with E-state index in [0.717, 1.165) is 44.0 Å². The lowest BCUT2D eigenvalue weighted by Crippen LogP contribution is -2.22. The van der Waals surface area contributed by atoms with Gasteiger partial charge in [-0.2, -0.15) is 0 Å². The molecule has 102 valence electrons. The van der Waals surface area contributed by atoms with Gasteiger partial charge in [-0.25, -0.2) is 0 Å². The molecule has 0 bridgehead atoms. The largest absolute Gasteiger partial charge is 0.381 e. The predicted molar refractivity (Wildman–Crippen MR) is 78.3 cm³/mol. The Kier molecular flexibility index (Phi) is 8.06. The Balaban J connectivity index is 2.41. The normalized spacial score (nSPS) is 12.6. The first-order valence-electron chi connectivity index (χ1n) is 6.73. The molecule has 0 saturated carbocycles. The van der Waals surface area contributed by atoms with Gasteiger partial charge in [0.1, 0.15) is 0 Å². The average molecular weight is 270 g/mol. The summed E-state index contributed by atoms with van der Waals surface area (Å²) in [7, 11) is 2.00. The fourth-order valence-corrected chi connectivity index (χ4v) is 2.27. The van der Waals surface area contributed by atoms with E-state index in [-0.39, 0.29) is 0 Å². The topological polar surface area (TPSA) is 21.3 Å². The Morgan fingerprint density at radius 2 is 2.17 bits per heavy atom. The standard InChI is InChI=1S/C15H24ClNO/c1-3-8-18-9-7-14(12-17-2)10-13-5-4-6-15(16)11-13/h4-6,11,14,17H,3,7-10,12H2,1-2H3. The molecule has 0 heterocycles. The minimum Gasteiger partial charge on any atom is -0.381 e. The molecule has 3 heteroatoms. The number of benzene rings is 1. The summed E-state index contributed by atoms with van der Waals surface area (Å²) in [6.07, 6.45) is 3.23. The van der Waals surface area contributed by atoms with Crippen LogP contribution in [0, 0.1) is 5.92 Å². The molecule has 0 fully saturated rings.